The lowest BCUT2D eigenvalue weighted by atomic mass is 10.2. The normalized spacial score (nSPS) is 12.4. The van der Waals surface area contributed by atoms with E-state index in [2.05, 4.69) is 10.0 Å². The van der Waals surface area contributed by atoms with Crippen molar-refractivity contribution in [2.45, 2.75) is 36.6 Å². The summed E-state index contributed by atoms with van der Waals surface area (Å²) in [5.41, 5.74) is 1.36. The van der Waals surface area contributed by atoms with Crippen molar-refractivity contribution >= 4 is 33.4 Å². The zero-order valence-electron chi connectivity index (χ0n) is 15.8. The molecule has 0 unspecified atom stereocenters. The Hall–Kier alpha value is -2.03. The van der Waals surface area contributed by atoms with Crippen LogP contribution in [0.3, 0.4) is 0 Å². The minimum atomic E-state index is -3.84. The highest BCUT2D eigenvalue weighted by molar-refractivity contribution is 7.98. The lowest BCUT2D eigenvalue weighted by molar-refractivity contribution is -0.117. The van der Waals surface area contributed by atoms with Gasteiger partial charge in [-0.15, -0.1) is 11.8 Å². The maximum atomic E-state index is 12.6. The minimum Gasteiger partial charge on any atom is -0.494 e. The van der Waals surface area contributed by atoms with Gasteiger partial charge in [0.05, 0.1) is 23.2 Å². The number of carbonyl (C=O) groups is 1. The molecule has 1 amide bonds. The molecule has 0 saturated heterocycles. The third-order valence-electron chi connectivity index (χ3n) is 3.85. The zero-order valence-corrected chi connectivity index (χ0v) is 17.4. The lowest BCUT2D eigenvalue weighted by Crippen LogP contribution is -2.41. The van der Waals surface area contributed by atoms with Crippen LogP contribution in [0.15, 0.2) is 52.3 Å². The van der Waals surface area contributed by atoms with Gasteiger partial charge in [0.15, 0.2) is 0 Å². The summed E-state index contributed by atoms with van der Waals surface area (Å²) < 4.78 is 33.1. The molecule has 0 aliphatic carbocycles. The Kier molecular flexibility index (Phi) is 7.29. The first kappa shape index (κ1) is 21.3. The fourth-order valence-electron chi connectivity index (χ4n) is 2.45. The summed E-state index contributed by atoms with van der Waals surface area (Å²) in [5, 5.41) is 2.77. The summed E-state index contributed by atoms with van der Waals surface area (Å²) in [5.74, 6) is 0.207. The molecule has 146 valence electrons. The van der Waals surface area contributed by atoms with Crippen LogP contribution < -0.4 is 14.8 Å². The van der Waals surface area contributed by atoms with Crippen LogP contribution in [0, 0.1) is 6.92 Å². The van der Waals surface area contributed by atoms with Crippen molar-refractivity contribution < 1.29 is 17.9 Å². The fraction of sp³-hybridized carbons (Fsp3) is 0.316. The van der Waals surface area contributed by atoms with Crippen LogP contribution in [0.4, 0.5) is 5.69 Å². The van der Waals surface area contributed by atoms with E-state index in [0.29, 0.717) is 23.6 Å². The van der Waals surface area contributed by atoms with E-state index in [0.717, 1.165) is 4.90 Å². The molecule has 2 aromatic rings. The van der Waals surface area contributed by atoms with Gasteiger partial charge in [-0.2, -0.15) is 4.72 Å². The Balaban J connectivity index is 2.12. The number of nitrogens with one attached hydrogen (secondary N) is 2. The molecular weight excluding hydrogens is 384 g/mol. The summed E-state index contributed by atoms with van der Waals surface area (Å²) in [6, 6.07) is 11.0. The highest BCUT2D eigenvalue weighted by atomic mass is 32.2. The van der Waals surface area contributed by atoms with E-state index >= 15 is 0 Å². The second kappa shape index (κ2) is 9.25. The predicted octanol–water partition coefficient (Wildman–Crippen LogP) is 3.42. The standard InChI is InChI=1S/C19H24N2O4S2/c1-5-25-17-11-10-15(12-13(17)2)27(23,24)21-14(3)19(22)20-16-8-6-7-9-18(16)26-4/h6-12,14,21H,5H2,1-4H3,(H,20,22)/t14-/m0/s1. The van der Waals surface area contributed by atoms with Gasteiger partial charge in [0, 0.05) is 4.90 Å². The van der Waals surface area contributed by atoms with E-state index < -0.39 is 22.0 Å². The fourth-order valence-corrected chi connectivity index (χ4v) is 4.29. The van der Waals surface area contributed by atoms with Crippen molar-refractivity contribution in [3.8, 4) is 5.75 Å². The van der Waals surface area contributed by atoms with Crippen molar-refractivity contribution in [3.63, 3.8) is 0 Å². The first-order valence-corrected chi connectivity index (χ1v) is 11.2. The molecule has 2 rings (SSSR count). The number of aryl methyl sites for hydroxylation is 1. The van der Waals surface area contributed by atoms with Gasteiger partial charge < -0.3 is 10.1 Å². The first-order valence-electron chi connectivity index (χ1n) is 8.48. The van der Waals surface area contributed by atoms with Crippen molar-refractivity contribution in [2.24, 2.45) is 0 Å². The number of rotatable bonds is 8. The van der Waals surface area contributed by atoms with Crippen LogP contribution >= 0.6 is 11.8 Å². The van der Waals surface area contributed by atoms with Gasteiger partial charge >= 0.3 is 0 Å². The molecule has 27 heavy (non-hydrogen) atoms. The molecule has 1 atom stereocenters. The molecule has 0 spiro atoms. The lowest BCUT2D eigenvalue weighted by Gasteiger charge is -2.16. The van der Waals surface area contributed by atoms with Crippen molar-refractivity contribution in [3.05, 3.63) is 48.0 Å². The Morgan fingerprint density at radius 1 is 1.22 bits per heavy atom. The van der Waals surface area contributed by atoms with Gasteiger partial charge in [-0.1, -0.05) is 12.1 Å². The topological polar surface area (TPSA) is 84.5 Å². The molecule has 0 aromatic heterocycles. The molecule has 0 aliphatic rings. The van der Waals surface area contributed by atoms with Crippen LogP contribution in [0.25, 0.3) is 0 Å². The van der Waals surface area contributed by atoms with Gasteiger partial charge in [0.1, 0.15) is 5.75 Å². The first-order chi connectivity index (χ1) is 12.8. The van der Waals surface area contributed by atoms with Crippen molar-refractivity contribution in [1.29, 1.82) is 0 Å². The number of thioether (sulfide) groups is 1. The van der Waals surface area contributed by atoms with Gasteiger partial charge in [-0.25, -0.2) is 8.42 Å². The molecule has 2 N–H and O–H groups in total. The van der Waals surface area contributed by atoms with Crippen LogP contribution in [0.2, 0.25) is 0 Å². The van der Waals surface area contributed by atoms with E-state index in [1.165, 1.54) is 30.8 Å². The van der Waals surface area contributed by atoms with Crippen LogP contribution in [0.5, 0.6) is 5.75 Å². The molecule has 0 saturated carbocycles. The number of ether oxygens (including phenoxy) is 1. The zero-order chi connectivity index (χ0) is 20.0. The van der Waals surface area contributed by atoms with Crippen LogP contribution in [-0.2, 0) is 14.8 Å². The highest BCUT2D eigenvalue weighted by Gasteiger charge is 2.23. The number of hydrogen-bond acceptors (Lipinski definition) is 5. The van der Waals surface area contributed by atoms with E-state index in [1.54, 1.807) is 19.1 Å². The number of carbonyl (C=O) groups excluding carboxylic acids is 1. The number of sulfonamides is 1. The smallest absolute Gasteiger partial charge is 0.242 e. The molecule has 2 aromatic carbocycles. The molecule has 0 aliphatic heterocycles. The Bertz CT molecular complexity index is 914. The van der Waals surface area contributed by atoms with Crippen molar-refractivity contribution in [1.82, 2.24) is 4.72 Å². The van der Waals surface area contributed by atoms with Crippen molar-refractivity contribution in [2.75, 3.05) is 18.2 Å². The maximum absolute atomic E-state index is 12.6. The van der Waals surface area contributed by atoms with E-state index in [-0.39, 0.29) is 4.90 Å². The molecule has 0 heterocycles. The molecule has 8 heteroatoms. The number of benzene rings is 2. The summed E-state index contributed by atoms with van der Waals surface area (Å²) >= 11 is 1.50. The number of amides is 1. The molecule has 6 nitrogen and oxygen atoms in total. The maximum Gasteiger partial charge on any atom is 0.242 e. The number of anilines is 1. The van der Waals surface area contributed by atoms with Crippen LogP contribution in [0.1, 0.15) is 19.4 Å². The Morgan fingerprint density at radius 3 is 2.56 bits per heavy atom. The molecular formula is C19H24N2O4S2. The highest BCUT2D eigenvalue weighted by Crippen LogP contribution is 2.25. The monoisotopic (exact) mass is 408 g/mol. The summed E-state index contributed by atoms with van der Waals surface area (Å²) in [4.78, 5) is 13.4. The number of hydrogen-bond donors (Lipinski definition) is 2. The number of para-hydroxylation sites is 1. The third-order valence-corrected chi connectivity index (χ3v) is 6.18. The predicted molar refractivity (Wildman–Crippen MR) is 109 cm³/mol. The minimum absolute atomic E-state index is 0.0904. The third kappa shape index (κ3) is 5.47. The second-order valence-corrected chi connectivity index (χ2v) is 8.45. The Labute approximate surface area is 164 Å². The van der Waals surface area contributed by atoms with Gasteiger partial charge in [0.25, 0.3) is 0 Å². The summed E-state index contributed by atoms with van der Waals surface area (Å²) in [6.45, 7) is 5.65. The quantitative estimate of drug-likeness (QED) is 0.654. The largest absolute Gasteiger partial charge is 0.494 e. The molecule has 0 fully saturated rings. The van der Waals surface area contributed by atoms with E-state index in [4.69, 9.17) is 4.74 Å². The SMILES string of the molecule is CCOc1ccc(S(=O)(=O)N[C@@H](C)C(=O)Nc2ccccc2SC)cc1C. The van der Waals surface area contributed by atoms with E-state index in [1.807, 2.05) is 31.4 Å². The van der Waals surface area contributed by atoms with E-state index in [9.17, 15) is 13.2 Å². The summed E-state index contributed by atoms with van der Waals surface area (Å²) in [6.07, 6.45) is 1.91. The molecule has 0 radical (unpaired) electrons. The average Bonchev–Trinajstić information content (AvgIpc) is 2.63. The second-order valence-electron chi connectivity index (χ2n) is 5.89. The average molecular weight is 409 g/mol. The molecule has 0 bridgehead atoms. The van der Waals surface area contributed by atoms with Crippen LogP contribution in [-0.4, -0.2) is 33.2 Å². The Morgan fingerprint density at radius 2 is 1.93 bits per heavy atom. The summed E-state index contributed by atoms with van der Waals surface area (Å²) in [7, 11) is -3.84. The van der Waals surface area contributed by atoms with Gasteiger partial charge in [-0.05, 0) is 62.9 Å². The van der Waals surface area contributed by atoms with Gasteiger partial charge in [0.2, 0.25) is 15.9 Å². The van der Waals surface area contributed by atoms with Gasteiger partial charge in [-0.3, -0.25) is 4.79 Å².